The molecule has 0 aliphatic heterocycles. The number of rotatable bonds is 0. The van der Waals surface area contributed by atoms with E-state index in [-0.39, 0.29) is 17.5 Å². The number of aromatic hydroxyl groups is 1. The lowest BCUT2D eigenvalue weighted by Crippen LogP contribution is -1.89. The molecule has 0 saturated heterocycles. The van der Waals surface area contributed by atoms with E-state index in [9.17, 15) is 9.90 Å². The Morgan fingerprint density at radius 2 is 2.25 bits per heavy atom. The number of hydrogen-bond acceptors (Lipinski definition) is 2. The lowest BCUT2D eigenvalue weighted by molar-refractivity contribution is 0.0990. The third-order valence-corrected chi connectivity index (χ3v) is 2.36. The number of phenols is 1. The minimum Gasteiger partial charge on any atom is -0.508 e. The zero-order chi connectivity index (χ0) is 8.72. The van der Waals surface area contributed by atoms with E-state index in [0.717, 1.165) is 11.1 Å². The molecule has 12 heavy (non-hydrogen) atoms. The normalized spacial score (nSPS) is 21.1. The molecule has 0 spiro atoms. The van der Waals surface area contributed by atoms with Gasteiger partial charge in [0.15, 0.2) is 5.78 Å². The van der Waals surface area contributed by atoms with Gasteiger partial charge in [-0.3, -0.25) is 4.79 Å². The summed E-state index contributed by atoms with van der Waals surface area (Å²) in [4.78, 5) is 11.3. The largest absolute Gasteiger partial charge is 0.508 e. The zero-order valence-electron chi connectivity index (χ0n) is 6.87. The number of carbonyl (C=O) groups excluding carboxylic acids is 1. The van der Waals surface area contributed by atoms with Gasteiger partial charge in [-0.15, -0.1) is 0 Å². The highest BCUT2D eigenvalue weighted by molar-refractivity contribution is 6.01. The van der Waals surface area contributed by atoms with E-state index in [1.54, 1.807) is 18.2 Å². The molecule has 0 radical (unpaired) electrons. The summed E-state index contributed by atoms with van der Waals surface area (Å²) in [6, 6.07) is 4.95. The van der Waals surface area contributed by atoms with Gasteiger partial charge in [0.05, 0.1) is 0 Å². The standard InChI is InChI=1S/C10H10O2/c1-6-4-10(12)8-3-2-7(11)5-9(6)8/h2-3,5-6,11H,4H2,1H3. The van der Waals surface area contributed by atoms with Crippen LogP contribution in [-0.4, -0.2) is 10.9 Å². The van der Waals surface area contributed by atoms with E-state index in [1.165, 1.54) is 0 Å². The Hall–Kier alpha value is -1.31. The average molecular weight is 162 g/mol. The van der Waals surface area contributed by atoms with Gasteiger partial charge in [-0.25, -0.2) is 0 Å². The highest BCUT2D eigenvalue weighted by Crippen LogP contribution is 2.34. The maximum atomic E-state index is 11.3. The van der Waals surface area contributed by atoms with Crippen molar-refractivity contribution in [2.75, 3.05) is 0 Å². The van der Waals surface area contributed by atoms with E-state index >= 15 is 0 Å². The van der Waals surface area contributed by atoms with Crippen LogP contribution >= 0.6 is 0 Å². The maximum Gasteiger partial charge on any atom is 0.163 e. The third-order valence-electron chi connectivity index (χ3n) is 2.36. The SMILES string of the molecule is CC1CC(=O)c2ccc(O)cc21. The molecule has 0 saturated carbocycles. The van der Waals surface area contributed by atoms with Crippen LogP contribution in [0.4, 0.5) is 0 Å². The summed E-state index contributed by atoms with van der Waals surface area (Å²) in [6.07, 6.45) is 0.582. The number of carbonyl (C=O) groups is 1. The fourth-order valence-electron chi connectivity index (χ4n) is 1.71. The molecule has 0 bridgehead atoms. The quantitative estimate of drug-likeness (QED) is 0.634. The predicted molar refractivity (Wildman–Crippen MR) is 45.5 cm³/mol. The summed E-state index contributed by atoms with van der Waals surface area (Å²) in [6.45, 7) is 2.00. The Bertz CT molecular complexity index is 342. The van der Waals surface area contributed by atoms with Crippen molar-refractivity contribution in [3.05, 3.63) is 29.3 Å². The second-order valence-electron chi connectivity index (χ2n) is 3.30. The van der Waals surface area contributed by atoms with Crippen LogP contribution in [0.2, 0.25) is 0 Å². The van der Waals surface area contributed by atoms with Gasteiger partial charge in [0.2, 0.25) is 0 Å². The minimum absolute atomic E-state index is 0.192. The van der Waals surface area contributed by atoms with Crippen LogP contribution in [-0.2, 0) is 0 Å². The molecule has 0 amide bonds. The van der Waals surface area contributed by atoms with Crippen molar-refractivity contribution >= 4 is 5.78 Å². The molecule has 1 atom stereocenters. The average Bonchev–Trinajstić information content (AvgIpc) is 2.28. The molecule has 1 aliphatic rings. The van der Waals surface area contributed by atoms with Gasteiger partial charge >= 0.3 is 0 Å². The smallest absolute Gasteiger partial charge is 0.163 e. The Labute approximate surface area is 70.8 Å². The lowest BCUT2D eigenvalue weighted by atomic mass is 10.0. The number of ketones is 1. The number of hydrogen-bond donors (Lipinski definition) is 1. The highest BCUT2D eigenvalue weighted by Gasteiger charge is 2.25. The van der Waals surface area contributed by atoms with Crippen LogP contribution < -0.4 is 0 Å². The molecule has 2 heteroatoms. The van der Waals surface area contributed by atoms with Gasteiger partial charge in [-0.05, 0) is 29.7 Å². The molecular formula is C10H10O2. The zero-order valence-corrected chi connectivity index (χ0v) is 6.87. The van der Waals surface area contributed by atoms with E-state index in [1.807, 2.05) is 6.92 Å². The van der Waals surface area contributed by atoms with Crippen molar-refractivity contribution in [1.29, 1.82) is 0 Å². The van der Waals surface area contributed by atoms with Crippen molar-refractivity contribution in [2.45, 2.75) is 19.3 Å². The van der Waals surface area contributed by atoms with Gasteiger partial charge in [-0.1, -0.05) is 6.92 Å². The van der Waals surface area contributed by atoms with Crippen LogP contribution in [0.1, 0.15) is 35.2 Å². The molecular weight excluding hydrogens is 152 g/mol. The first-order chi connectivity index (χ1) is 5.68. The molecule has 2 nitrogen and oxygen atoms in total. The topological polar surface area (TPSA) is 37.3 Å². The highest BCUT2D eigenvalue weighted by atomic mass is 16.3. The van der Waals surface area contributed by atoms with Crippen molar-refractivity contribution in [3.8, 4) is 5.75 Å². The molecule has 62 valence electrons. The first-order valence-corrected chi connectivity index (χ1v) is 4.04. The summed E-state index contributed by atoms with van der Waals surface area (Å²) in [5.74, 6) is 0.701. The van der Waals surface area contributed by atoms with Gasteiger partial charge in [-0.2, -0.15) is 0 Å². The fraction of sp³-hybridized carbons (Fsp3) is 0.300. The Morgan fingerprint density at radius 1 is 1.50 bits per heavy atom. The van der Waals surface area contributed by atoms with Crippen LogP contribution in [0, 0.1) is 0 Å². The van der Waals surface area contributed by atoms with Crippen molar-refractivity contribution in [2.24, 2.45) is 0 Å². The number of phenolic OH excluding ortho intramolecular Hbond substituents is 1. The fourth-order valence-corrected chi connectivity index (χ4v) is 1.71. The Morgan fingerprint density at radius 3 is 3.00 bits per heavy atom. The van der Waals surface area contributed by atoms with E-state index in [0.29, 0.717) is 6.42 Å². The summed E-state index contributed by atoms with van der Waals surface area (Å²) in [5.41, 5.74) is 1.76. The van der Waals surface area contributed by atoms with Gasteiger partial charge in [0.25, 0.3) is 0 Å². The molecule has 1 N–H and O–H groups in total. The van der Waals surface area contributed by atoms with Crippen LogP contribution in [0.5, 0.6) is 5.75 Å². The summed E-state index contributed by atoms with van der Waals surface area (Å²) in [5, 5.41) is 9.19. The van der Waals surface area contributed by atoms with Gasteiger partial charge < -0.3 is 5.11 Å². The molecule has 0 heterocycles. The van der Waals surface area contributed by atoms with Gasteiger partial charge in [0, 0.05) is 12.0 Å². The third kappa shape index (κ3) is 0.916. The van der Waals surface area contributed by atoms with Crippen molar-refractivity contribution < 1.29 is 9.90 Å². The van der Waals surface area contributed by atoms with Crippen molar-refractivity contribution in [1.82, 2.24) is 0 Å². The molecule has 1 aliphatic carbocycles. The minimum atomic E-state index is 0.192. The summed E-state index contributed by atoms with van der Waals surface area (Å²) in [7, 11) is 0. The molecule has 1 aromatic carbocycles. The monoisotopic (exact) mass is 162 g/mol. The van der Waals surface area contributed by atoms with E-state index in [2.05, 4.69) is 0 Å². The number of fused-ring (bicyclic) bond motifs is 1. The second-order valence-corrected chi connectivity index (χ2v) is 3.30. The first-order valence-electron chi connectivity index (χ1n) is 4.04. The van der Waals surface area contributed by atoms with Gasteiger partial charge in [0.1, 0.15) is 5.75 Å². The molecule has 2 rings (SSSR count). The molecule has 0 aromatic heterocycles. The second kappa shape index (κ2) is 2.34. The number of Topliss-reactive ketones (excluding diaryl/α,β-unsaturated/α-hetero) is 1. The summed E-state index contributed by atoms with van der Waals surface area (Å²) < 4.78 is 0. The Kier molecular flexibility index (Phi) is 1.43. The summed E-state index contributed by atoms with van der Waals surface area (Å²) >= 11 is 0. The lowest BCUT2D eigenvalue weighted by Gasteiger charge is -2.02. The molecule has 1 aromatic rings. The maximum absolute atomic E-state index is 11.3. The number of benzene rings is 1. The van der Waals surface area contributed by atoms with E-state index in [4.69, 9.17) is 0 Å². The van der Waals surface area contributed by atoms with Crippen molar-refractivity contribution in [3.63, 3.8) is 0 Å². The predicted octanol–water partition coefficient (Wildman–Crippen LogP) is 2.08. The van der Waals surface area contributed by atoms with Crippen LogP contribution in [0.3, 0.4) is 0 Å². The first kappa shape index (κ1) is 7.35. The van der Waals surface area contributed by atoms with E-state index < -0.39 is 0 Å². The molecule has 0 fully saturated rings. The van der Waals surface area contributed by atoms with Crippen LogP contribution in [0.15, 0.2) is 18.2 Å². The van der Waals surface area contributed by atoms with Crippen LogP contribution in [0.25, 0.3) is 0 Å². The Balaban J connectivity index is 2.60. The molecule has 1 unspecified atom stereocenters.